The Morgan fingerprint density at radius 3 is 2.71 bits per heavy atom. The van der Waals surface area contributed by atoms with E-state index in [0.29, 0.717) is 23.0 Å². The predicted octanol–water partition coefficient (Wildman–Crippen LogP) is 2.46. The maximum atomic E-state index is 12.8. The van der Waals surface area contributed by atoms with Gasteiger partial charge in [-0.3, -0.25) is 14.4 Å². The van der Waals surface area contributed by atoms with Gasteiger partial charge in [0.1, 0.15) is 6.54 Å². The summed E-state index contributed by atoms with van der Waals surface area (Å²) < 4.78 is 2.09. The molecule has 2 heterocycles. The molecule has 0 spiro atoms. The zero-order valence-electron chi connectivity index (χ0n) is 16.5. The number of benzene rings is 2. The molecule has 7 nitrogen and oxygen atoms in total. The Morgan fingerprint density at radius 1 is 1.19 bits per heavy atom. The number of rotatable bonds is 5. The van der Waals surface area contributed by atoms with Crippen LogP contribution in [0.25, 0.3) is 10.8 Å². The van der Waals surface area contributed by atoms with Crippen LogP contribution >= 0.6 is 15.9 Å². The van der Waals surface area contributed by atoms with E-state index in [-0.39, 0.29) is 36.9 Å². The van der Waals surface area contributed by atoms with Crippen LogP contribution < -0.4 is 15.8 Å². The average molecular weight is 479 g/mol. The molecule has 1 fully saturated rings. The van der Waals surface area contributed by atoms with E-state index in [2.05, 4.69) is 32.3 Å². The quantitative estimate of drug-likeness (QED) is 0.570. The number of terminal acetylenes is 1. The molecule has 0 radical (unpaired) electrons. The molecule has 2 amide bonds. The summed E-state index contributed by atoms with van der Waals surface area (Å²) in [5.74, 6) is 1.64. The fourth-order valence-corrected chi connectivity index (χ4v) is 4.11. The Kier molecular flexibility index (Phi) is 5.87. The van der Waals surface area contributed by atoms with Crippen LogP contribution in [0.5, 0.6) is 0 Å². The first-order chi connectivity index (χ1) is 15.0. The van der Waals surface area contributed by atoms with Crippen molar-refractivity contribution < 1.29 is 9.59 Å². The highest BCUT2D eigenvalue weighted by atomic mass is 79.9. The van der Waals surface area contributed by atoms with Crippen LogP contribution in [0.4, 0.5) is 5.69 Å². The van der Waals surface area contributed by atoms with Gasteiger partial charge in [0.05, 0.1) is 23.5 Å². The summed E-state index contributed by atoms with van der Waals surface area (Å²) in [6, 6.07) is 14.5. The molecule has 1 aliphatic heterocycles. The van der Waals surface area contributed by atoms with Crippen molar-refractivity contribution in [2.45, 2.75) is 19.5 Å². The molecule has 31 heavy (non-hydrogen) atoms. The van der Waals surface area contributed by atoms with Gasteiger partial charge in [0.25, 0.3) is 5.56 Å². The molecular formula is C23H19BrN4O3. The van der Waals surface area contributed by atoms with Gasteiger partial charge in [-0.25, -0.2) is 4.68 Å². The Bertz CT molecular complexity index is 1280. The van der Waals surface area contributed by atoms with E-state index in [1.807, 2.05) is 30.3 Å². The van der Waals surface area contributed by atoms with Crippen molar-refractivity contribution >= 4 is 44.2 Å². The first kappa shape index (κ1) is 20.8. The standard InChI is InChI=1S/C23H19BrN4O3/c1-2-10-28-23(31)19-9-4-3-8-18(19)20(26-28)13-25-22(30)15-11-21(29)27(14-15)17-7-5-6-16(24)12-17/h1,3-9,12,15H,10-11,13-14H2,(H,25,30). The normalized spacial score (nSPS) is 15.8. The lowest BCUT2D eigenvalue weighted by atomic mass is 10.1. The number of carbonyl (C=O) groups excluding carboxylic acids is 2. The third kappa shape index (κ3) is 4.23. The summed E-state index contributed by atoms with van der Waals surface area (Å²) in [4.78, 5) is 39.4. The van der Waals surface area contributed by atoms with Gasteiger partial charge in [0.2, 0.25) is 11.8 Å². The lowest BCUT2D eigenvalue weighted by Gasteiger charge is -2.17. The van der Waals surface area contributed by atoms with Crippen molar-refractivity contribution in [2.75, 3.05) is 11.4 Å². The SMILES string of the molecule is C#CCn1nc(CNC(=O)C2CC(=O)N(c3cccc(Br)c3)C2)c2ccccc2c1=O. The second-order valence-electron chi connectivity index (χ2n) is 7.26. The van der Waals surface area contributed by atoms with E-state index in [1.165, 1.54) is 4.68 Å². The predicted molar refractivity (Wildman–Crippen MR) is 121 cm³/mol. The van der Waals surface area contributed by atoms with Crippen molar-refractivity contribution in [2.24, 2.45) is 5.92 Å². The van der Waals surface area contributed by atoms with Gasteiger partial charge in [-0.1, -0.05) is 46.1 Å². The van der Waals surface area contributed by atoms with Gasteiger partial charge in [-0.15, -0.1) is 6.42 Å². The first-order valence-electron chi connectivity index (χ1n) is 9.74. The number of anilines is 1. The van der Waals surface area contributed by atoms with Crippen molar-refractivity contribution in [3.63, 3.8) is 0 Å². The fourth-order valence-electron chi connectivity index (χ4n) is 3.72. The van der Waals surface area contributed by atoms with Crippen LogP contribution in [0, 0.1) is 18.3 Å². The number of hydrogen-bond acceptors (Lipinski definition) is 4. The molecule has 1 aromatic heterocycles. The van der Waals surface area contributed by atoms with Gasteiger partial charge < -0.3 is 10.2 Å². The van der Waals surface area contributed by atoms with Crippen molar-refractivity contribution in [3.05, 3.63) is 69.1 Å². The average Bonchev–Trinajstić information content (AvgIpc) is 3.16. The maximum absolute atomic E-state index is 12.8. The first-order valence-corrected chi connectivity index (χ1v) is 10.5. The molecule has 156 valence electrons. The number of carbonyl (C=O) groups is 2. The fraction of sp³-hybridized carbons (Fsp3) is 0.217. The molecule has 1 saturated heterocycles. The highest BCUT2D eigenvalue weighted by Gasteiger charge is 2.35. The number of hydrogen-bond donors (Lipinski definition) is 1. The number of aromatic nitrogens is 2. The molecule has 0 bridgehead atoms. The van der Waals surface area contributed by atoms with Gasteiger partial charge in [-0.2, -0.15) is 5.10 Å². The third-order valence-electron chi connectivity index (χ3n) is 5.23. The van der Waals surface area contributed by atoms with Crippen molar-refractivity contribution in [1.29, 1.82) is 0 Å². The van der Waals surface area contributed by atoms with E-state index in [1.54, 1.807) is 23.1 Å². The summed E-state index contributed by atoms with van der Waals surface area (Å²) in [6.45, 7) is 0.487. The second-order valence-corrected chi connectivity index (χ2v) is 8.18. The van der Waals surface area contributed by atoms with Gasteiger partial charge in [-0.05, 0) is 24.3 Å². The topological polar surface area (TPSA) is 84.3 Å². The summed E-state index contributed by atoms with van der Waals surface area (Å²) in [5, 5.41) is 8.37. The molecule has 2 aromatic carbocycles. The van der Waals surface area contributed by atoms with E-state index >= 15 is 0 Å². The largest absolute Gasteiger partial charge is 0.350 e. The number of halogens is 1. The minimum atomic E-state index is -0.464. The Balaban J connectivity index is 1.51. The van der Waals surface area contributed by atoms with E-state index in [4.69, 9.17) is 6.42 Å². The number of nitrogens with one attached hydrogen (secondary N) is 1. The summed E-state index contributed by atoms with van der Waals surface area (Å²) in [7, 11) is 0. The zero-order chi connectivity index (χ0) is 22.0. The van der Waals surface area contributed by atoms with E-state index in [9.17, 15) is 14.4 Å². The third-order valence-corrected chi connectivity index (χ3v) is 5.72. The molecule has 0 aliphatic carbocycles. The van der Waals surface area contributed by atoms with Crippen LogP contribution in [0.15, 0.2) is 57.8 Å². The van der Waals surface area contributed by atoms with Gasteiger partial charge >= 0.3 is 0 Å². The van der Waals surface area contributed by atoms with E-state index in [0.717, 1.165) is 10.2 Å². The number of fused-ring (bicyclic) bond motifs is 1. The molecule has 4 rings (SSSR count). The molecular weight excluding hydrogens is 460 g/mol. The molecule has 0 saturated carbocycles. The van der Waals surface area contributed by atoms with Gasteiger partial charge in [0, 0.05) is 28.5 Å². The smallest absolute Gasteiger partial charge is 0.275 e. The highest BCUT2D eigenvalue weighted by Crippen LogP contribution is 2.27. The summed E-state index contributed by atoms with van der Waals surface area (Å²) >= 11 is 3.40. The molecule has 1 atom stereocenters. The summed E-state index contributed by atoms with van der Waals surface area (Å²) in [5.41, 5.74) is 1.03. The van der Waals surface area contributed by atoms with Crippen LogP contribution in [0.1, 0.15) is 12.1 Å². The number of amides is 2. The van der Waals surface area contributed by atoms with Crippen molar-refractivity contribution in [3.8, 4) is 12.3 Å². The van der Waals surface area contributed by atoms with Crippen LogP contribution in [-0.2, 0) is 22.7 Å². The van der Waals surface area contributed by atoms with Crippen LogP contribution in [0.2, 0.25) is 0 Å². The molecule has 3 aromatic rings. The monoisotopic (exact) mass is 478 g/mol. The maximum Gasteiger partial charge on any atom is 0.275 e. The Morgan fingerprint density at radius 2 is 1.97 bits per heavy atom. The van der Waals surface area contributed by atoms with E-state index < -0.39 is 5.92 Å². The van der Waals surface area contributed by atoms with Crippen LogP contribution in [-0.4, -0.2) is 28.1 Å². The highest BCUT2D eigenvalue weighted by molar-refractivity contribution is 9.10. The molecule has 8 heteroatoms. The summed E-state index contributed by atoms with van der Waals surface area (Å²) in [6.07, 6.45) is 5.49. The Labute approximate surface area is 187 Å². The van der Waals surface area contributed by atoms with Crippen LogP contribution in [0.3, 0.4) is 0 Å². The minimum absolute atomic E-state index is 0.0450. The second kappa shape index (κ2) is 8.74. The zero-order valence-corrected chi connectivity index (χ0v) is 18.1. The van der Waals surface area contributed by atoms with Gasteiger partial charge in [0.15, 0.2) is 0 Å². The lowest BCUT2D eigenvalue weighted by Crippen LogP contribution is -2.34. The molecule has 1 aliphatic rings. The van der Waals surface area contributed by atoms with Crippen molar-refractivity contribution in [1.82, 2.24) is 15.1 Å². The minimum Gasteiger partial charge on any atom is -0.350 e. The number of nitrogens with zero attached hydrogens (tertiary/aromatic N) is 3. The molecule has 1 N–H and O–H groups in total. The Hall–Kier alpha value is -3.44. The lowest BCUT2D eigenvalue weighted by molar-refractivity contribution is -0.126. The molecule has 1 unspecified atom stereocenters.